The summed E-state index contributed by atoms with van der Waals surface area (Å²) in [5.41, 5.74) is 0. The Morgan fingerprint density at radius 1 is 1.08 bits per heavy atom. The fourth-order valence-corrected chi connectivity index (χ4v) is 2.95. The Kier molecular flexibility index (Phi) is 2.99. The topological polar surface area (TPSA) is 29.1 Å². The number of carbonyl (C=O) groups excluding carboxylic acids is 1. The average molecular weight is 181 g/mol. The zero-order valence-corrected chi connectivity index (χ0v) is 8.17. The van der Waals surface area contributed by atoms with Gasteiger partial charge in [-0.05, 0) is 18.4 Å². The first-order valence-corrected chi connectivity index (χ1v) is 5.58. The van der Waals surface area contributed by atoms with Crippen molar-refractivity contribution in [3.63, 3.8) is 0 Å². The molecule has 1 saturated carbocycles. The fourth-order valence-electron chi connectivity index (χ4n) is 2.95. The SMILES string of the molecule is O=C[C@H]1CNC[C@@H]1C1CCCCC1. The number of rotatable bonds is 2. The molecule has 74 valence electrons. The third-order valence-corrected chi connectivity index (χ3v) is 3.74. The quantitative estimate of drug-likeness (QED) is 0.656. The molecule has 2 fully saturated rings. The molecule has 2 rings (SSSR count). The van der Waals surface area contributed by atoms with E-state index in [9.17, 15) is 4.79 Å². The summed E-state index contributed by atoms with van der Waals surface area (Å²) < 4.78 is 0. The van der Waals surface area contributed by atoms with Crippen LogP contribution in [0, 0.1) is 17.8 Å². The summed E-state index contributed by atoms with van der Waals surface area (Å²) in [6, 6.07) is 0. The lowest BCUT2D eigenvalue weighted by Gasteiger charge is -2.28. The minimum Gasteiger partial charge on any atom is -0.316 e. The van der Waals surface area contributed by atoms with Crippen molar-refractivity contribution in [3.05, 3.63) is 0 Å². The average Bonchev–Trinajstić information content (AvgIpc) is 2.67. The zero-order valence-electron chi connectivity index (χ0n) is 8.17. The Hall–Kier alpha value is -0.370. The van der Waals surface area contributed by atoms with Gasteiger partial charge in [0.1, 0.15) is 6.29 Å². The highest BCUT2D eigenvalue weighted by Gasteiger charge is 2.33. The van der Waals surface area contributed by atoms with Crippen molar-refractivity contribution in [3.8, 4) is 0 Å². The number of aldehydes is 1. The van der Waals surface area contributed by atoms with E-state index in [1.54, 1.807) is 0 Å². The van der Waals surface area contributed by atoms with Gasteiger partial charge in [-0.15, -0.1) is 0 Å². The van der Waals surface area contributed by atoms with E-state index >= 15 is 0 Å². The van der Waals surface area contributed by atoms with E-state index in [2.05, 4.69) is 5.32 Å². The van der Waals surface area contributed by atoms with Crippen LogP contribution in [0.15, 0.2) is 0 Å². The molecule has 0 aromatic heterocycles. The van der Waals surface area contributed by atoms with E-state index in [-0.39, 0.29) is 0 Å². The number of hydrogen-bond acceptors (Lipinski definition) is 2. The van der Waals surface area contributed by atoms with Gasteiger partial charge in [-0.3, -0.25) is 0 Å². The van der Waals surface area contributed by atoms with Gasteiger partial charge in [0.25, 0.3) is 0 Å². The fraction of sp³-hybridized carbons (Fsp3) is 0.909. The van der Waals surface area contributed by atoms with Crippen LogP contribution in [0.1, 0.15) is 32.1 Å². The summed E-state index contributed by atoms with van der Waals surface area (Å²) in [4.78, 5) is 10.8. The maximum absolute atomic E-state index is 10.8. The van der Waals surface area contributed by atoms with Crippen LogP contribution in [0.4, 0.5) is 0 Å². The van der Waals surface area contributed by atoms with Gasteiger partial charge < -0.3 is 10.1 Å². The highest BCUT2D eigenvalue weighted by atomic mass is 16.1. The second kappa shape index (κ2) is 4.23. The van der Waals surface area contributed by atoms with Gasteiger partial charge in [0.05, 0.1) is 0 Å². The van der Waals surface area contributed by atoms with E-state index in [1.807, 2.05) is 0 Å². The molecule has 1 N–H and O–H groups in total. The molecule has 1 aliphatic heterocycles. The molecule has 0 aromatic carbocycles. The molecule has 0 bridgehead atoms. The van der Waals surface area contributed by atoms with Gasteiger partial charge in [0.2, 0.25) is 0 Å². The summed E-state index contributed by atoms with van der Waals surface area (Å²) >= 11 is 0. The first kappa shape index (κ1) is 9.20. The van der Waals surface area contributed by atoms with Gasteiger partial charge in [-0.2, -0.15) is 0 Å². The predicted octanol–water partition coefficient (Wildman–Crippen LogP) is 1.60. The maximum Gasteiger partial charge on any atom is 0.124 e. The Balaban J connectivity index is 1.93. The molecule has 1 saturated heterocycles. The van der Waals surface area contributed by atoms with Crippen LogP contribution in [0.5, 0.6) is 0 Å². The van der Waals surface area contributed by atoms with Gasteiger partial charge in [-0.1, -0.05) is 32.1 Å². The number of hydrogen-bond donors (Lipinski definition) is 1. The van der Waals surface area contributed by atoms with Crippen LogP contribution in [-0.2, 0) is 4.79 Å². The van der Waals surface area contributed by atoms with Crippen LogP contribution < -0.4 is 5.32 Å². The van der Waals surface area contributed by atoms with Crippen LogP contribution in [0.3, 0.4) is 0 Å². The minimum atomic E-state index is 0.308. The normalized spacial score (nSPS) is 36.3. The number of carbonyl (C=O) groups is 1. The van der Waals surface area contributed by atoms with Crippen molar-refractivity contribution in [2.75, 3.05) is 13.1 Å². The Labute approximate surface area is 80.1 Å². The van der Waals surface area contributed by atoms with Gasteiger partial charge in [0.15, 0.2) is 0 Å². The molecule has 1 heterocycles. The lowest BCUT2D eigenvalue weighted by Crippen LogP contribution is -2.25. The molecule has 0 aromatic rings. The van der Waals surface area contributed by atoms with Crippen LogP contribution in [0.25, 0.3) is 0 Å². The molecular weight excluding hydrogens is 162 g/mol. The second-order valence-electron chi connectivity index (χ2n) is 4.52. The minimum absolute atomic E-state index is 0.308. The largest absolute Gasteiger partial charge is 0.316 e. The van der Waals surface area contributed by atoms with Gasteiger partial charge in [0, 0.05) is 12.5 Å². The first-order valence-electron chi connectivity index (χ1n) is 5.58. The molecule has 13 heavy (non-hydrogen) atoms. The molecule has 1 aliphatic carbocycles. The third-order valence-electron chi connectivity index (χ3n) is 3.74. The summed E-state index contributed by atoms with van der Waals surface area (Å²) in [5.74, 6) is 1.79. The Morgan fingerprint density at radius 2 is 1.85 bits per heavy atom. The second-order valence-corrected chi connectivity index (χ2v) is 4.52. The van der Waals surface area contributed by atoms with Crippen molar-refractivity contribution in [1.29, 1.82) is 0 Å². The summed E-state index contributed by atoms with van der Waals surface area (Å²) in [6.45, 7) is 2.00. The van der Waals surface area contributed by atoms with Crippen molar-refractivity contribution >= 4 is 6.29 Å². The molecule has 2 heteroatoms. The van der Waals surface area contributed by atoms with Crippen molar-refractivity contribution in [1.82, 2.24) is 5.32 Å². The Bertz CT molecular complexity index is 175. The highest BCUT2D eigenvalue weighted by molar-refractivity contribution is 5.55. The Morgan fingerprint density at radius 3 is 2.54 bits per heavy atom. The first-order chi connectivity index (χ1) is 6.42. The van der Waals surface area contributed by atoms with Gasteiger partial charge in [-0.25, -0.2) is 0 Å². The van der Waals surface area contributed by atoms with E-state index in [0.29, 0.717) is 11.8 Å². The van der Waals surface area contributed by atoms with E-state index < -0.39 is 0 Å². The summed E-state index contributed by atoms with van der Waals surface area (Å²) in [7, 11) is 0. The monoisotopic (exact) mass is 181 g/mol. The number of nitrogens with one attached hydrogen (secondary N) is 1. The third kappa shape index (κ3) is 1.93. The summed E-state index contributed by atoms with van der Waals surface area (Å²) in [5, 5.41) is 3.34. The highest BCUT2D eigenvalue weighted by Crippen LogP contribution is 2.34. The van der Waals surface area contributed by atoms with E-state index in [4.69, 9.17) is 0 Å². The van der Waals surface area contributed by atoms with Crippen molar-refractivity contribution in [2.24, 2.45) is 17.8 Å². The molecule has 0 radical (unpaired) electrons. The van der Waals surface area contributed by atoms with Crippen molar-refractivity contribution in [2.45, 2.75) is 32.1 Å². The lowest BCUT2D eigenvalue weighted by molar-refractivity contribution is -0.112. The molecule has 2 aliphatic rings. The molecule has 0 unspecified atom stereocenters. The smallest absolute Gasteiger partial charge is 0.124 e. The van der Waals surface area contributed by atoms with Crippen LogP contribution >= 0.6 is 0 Å². The molecule has 2 nitrogen and oxygen atoms in total. The molecule has 0 spiro atoms. The zero-order chi connectivity index (χ0) is 9.10. The predicted molar refractivity (Wildman–Crippen MR) is 52.5 cm³/mol. The maximum atomic E-state index is 10.8. The van der Waals surface area contributed by atoms with Crippen LogP contribution in [-0.4, -0.2) is 19.4 Å². The molecule has 0 amide bonds. The van der Waals surface area contributed by atoms with E-state index in [1.165, 1.54) is 38.4 Å². The van der Waals surface area contributed by atoms with Crippen LogP contribution in [0.2, 0.25) is 0 Å². The van der Waals surface area contributed by atoms with E-state index in [0.717, 1.165) is 19.0 Å². The van der Waals surface area contributed by atoms with Crippen molar-refractivity contribution < 1.29 is 4.79 Å². The standard InChI is InChI=1S/C11H19NO/c13-8-10-6-12-7-11(10)9-4-2-1-3-5-9/h8-12H,1-7H2/t10-,11-/m1/s1. The molecule has 2 atom stereocenters. The summed E-state index contributed by atoms with van der Waals surface area (Å²) in [6.07, 6.45) is 8.05. The lowest BCUT2D eigenvalue weighted by atomic mass is 9.76. The molecular formula is C11H19NO. The van der Waals surface area contributed by atoms with Gasteiger partial charge >= 0.3 is 0 Å².